The molecule has 7 nitrogen and oxygen atoms in total. The minimum absolute atomic E-state index is 0.149. The molecule has 4 rings (SSSR count). The summed E-state index contributed by atoms with van der Waals surface area (Å²) in [4.78, 5) is 20.8. The molecule has 7 heteroatoms. The van der Waals surface area contributed by atoms with Crippen LogP contribution in [-0.2, 0) is 9.53 Å². The van der Waals surface area contributed by atoms with Crippen LogP contribution in [-0.4, -0.2) is 64.3 Å². The molecule has 116 valence electrons. The number of ether oxygens (including phenoxy) is 1. The predicted octanol–water partition coefficient (Wildman–Crippen LogP) is 0.557. The van der Waals surface area contributed by atoms with Gasteiger partial charge in [-0.05, 0) is 18.9 Å². The van der Waals surface area contributed by atoms with Gasteiger partial charge in [0.05, 0.1) is 6.20 Å². The van der Waals surface area contributed by atoms with Gasteiger partial charge < -0.3 is 14.5 Å². The summed E-state index contributed by atoms with van der Waals surface area (Å²) < 4.78 is 7.34. The number of anilines is 1. The molecule has 2 aromatic heterocycles. The third-order valence-electron chi connectivity index (χ3n) is 4.39. The van der Waals surface area contributed by atoms with E-state index in [2.05, 4.69) is 15.0 Å². The number of hydrogen-bond donors (Lipinski definition) is 0. The Bertz CT molecular complexity index is 671. The molecule has 1 unspecified atom stereocenters. The van der Waals surface area contributed by atoms with Crippen molar-refractivity contribution in [3.63, 3.8) is 0 Å². The van der Waals surface area contributed by atoms with Gasteiger partial charge in [0.25, 0.3) is 5.91 Å². The Hall–Kier alpha value is -2.15. The van der Waals surface area contributed by atoms with E-state index >= 15 is 0 Å². The summed E-state index contributed by atoms with van der Waals surface area (Å²) in [5, 5.41) is 4.32. The van der Waals surface area contributed by atoms with Crippen molar-refractivity contribution < 1.29 is 9.53 Å². The summed E-state index contributed by atoms with van der Waals surface area (Å²) in [7, 11) is 0. The first kappa shape index (κ1) is 13.5. The van der Waals surface area contributed by atoms with Gasteiger partial charge in [-0.3, -0.25) is 4.79 Å². The highest BCUT2D eigenvalue weighted by Gasteiger charge is 2.30. The van der Waals surface area contributed by atoms with Crippen LogP contribution in [0.2, 0.25) is 0 Å². The van der Waals surface area contributed by atoms with Gasteiger partial charge in [-0.15, -0.1) is 0 Å². The lowest BCUT2D eigenvalue weighted by molar-refractivity contribution is -0.141. The van der Waals surface area contributed by atoms with E-state index in [1.54, 1.807) is 12.4 Å². The summed E-state index contributed by atoms with van der Waals surface area (Å²) in [5.74, 6) is 1.18. The smallest absolute Gasteiger partial charge is 0.251 e. The number of carbonyl (C=O) groups is 1. The van der Waals surface area contributed by atoms with Gasteiger partial charge >= 0.3 is 0 Å². The molecule has 0 saturated carbocycles. The number of aromatic nitrogens is 3. The van der Waals surface area contributed by atoms with E-state index in [9.17, 15) is 4.79 Å². The van der Waals surface area contributed by atoms with Gasteiger partial charge in [0.2, 0.25) is 0 Å². The average Bonchev–Trinajstić information content (AvgIpc) is 3.25. The summed E-state index contributed by atoms with van der Waals surface area (Å²) in [5.41, 5.74) is 0.843. The van der Waals surface area contributed by atoms with Gasteiger partial charge in [-0.25, -0.2) is 4.98 Å². The lowest BCUT2D eigenvalue weighted by Gasteiger charge is -2.36. The highest BCUT2D eigenvalue weighted by atomic mass is 16.5. The van der Waals surface area contributed by atoms with E-state index < -0.39 is 0 Å². The third kappa shape index (κ3) is 2.31. The molecule has 2 aromatic rings. The van der Waals surface area contributed by atoms with Gasteiger partial charge in [-0.2, -0.15) is 9.61 Å². The van der Waals surface area contributed by atoms with Gasteiger partial charge in [0.15, 0.2) is 5.65 Å². The highest BCUT2D eigenvalue weighted by Crippen LogP contribution is 2.19. The van der Waals surface area contributed by atoms with Crippen molar-refractivity contribution in [2.24, 2.45) is 0 Å². The van der Waals surface area contributed by atoms with Crippen LogP contribution >= 0.6 is 0 Å². The monoisotopic (exact) mass is 301 g/mol. The fraction of sp³-hybridized carbons (Fsp3) is 0.533. The number of piperazine rings is 1. The minimum Gasteiger partial charge on any atom is -0.368 e. The average molecular weight is 301 g/mol. The van der Waals surface area contributed by atoms with Crippen LogP contribution in [0.4, 0.5) is 5.82 Å². The second-order valence-electron chi connectivity index (χ2n) is 5.72. The van der Waals surface area contributed by atoms with Crippen molar-refractivity contribution >= 4 is 17.4 Å². The summed E-state index contributed by atoms with van der Waals surface area (Å²) in [6, 6.07) is 3.86. The topological polar surface area (TPSA) is 63.0 Å². The van der Waals surface area contributed by atoms with E-state index in [-0.39, 0.29) is 12.0 Å². The number of carbonyl (C=O) groups excluding carboxylic acids is 1. The first-order valence-electron chi connectivity index (χ1n) is 7.77. The lowest BCUT2D eigenvalue weighted by Crippen LogP contribution is -2.51. The molecule has 1 amide bonds. The Morgan fingerprint density at radius 3 is 2.82 bits per heavy atom. The fourth-order valence-corrected chi connectivity index (χ4v) is 3.19. The number of hydrogen-bond acceptors (Lipinski definition) is 5. The highest BCUT2D eigenvalue weighted by molar-refractivity contribution is 5.81. The fourth-order valence-electron chi connectivity index (χ4n) is 3.19. The zero-order valence-corrected chi connectivity index (χ0v) is 12.4. The van der Waals surface area contributed by atoms with E-state index in [0.717, 1.165) is 50.5 Å². The molecular formula is C15H19N5O2. The molecule has 0 aromatic carbocycles. The maximum Gasteiger partial charge on any atom is 0.251 e. The van der Waals surface area contributed by atoms with Crippen LogP contribution < -0.4 is 4.90 Å². The van der Waals surface area contributed by atoms with Crippen molar-refractivity contribution in [2.45, 2.75) is 18.9 Å². The molecule has 0 aliphatic carbocycles. The molecule has 0 radical (unpaired) electrons. The van der Waals surface area contributed by atoms with E-state index in [1.807, 2.05) is 21.5 Å². The van der Waals surface area contributed by atoms with Crippen LogP contribution in [0.25, 0.3) is 5.65 Å². The standard InChI is InChI=1S/C15H19N5O2/c21-15(12-2-1-11-22-12)19-9-7-18(8-10-19)14-4-5-16-13-3-6-17-20(13)14/h3-6,12H,1-2,7-11H2. The second-order valence-corrected chi connectivity index (χ2v) is 5.72. The van der Waals surface area contributed by atoms with Crippen molar-refractivity contribution in [1.82, 2.24) is 19.5 Å². The van der Waals surface area contributed by atoms with Crippen LogP contribution in [0.1, 0.15) is 12.8 Å². The third-order valence-corrected chi connectivity index (χ3v) is 4.39. The van der Waals surface area contributed by atoms with E-state index in [0.29, 0.717) is 6.61 Å². The van der Waals surface area contributed by atoms with Crippen molar-refractivity contribution in [3.05, 3.63) is 24.5 Å². The van der Waals surface area contributed by atoms with E-state index in [1.165, 1.54) is 0 Å². The van der Waals surface area contributed by atoms with Crippen LogP contribution in [0, 0.1) is 0 Å². The summed E-state index contributed by atoms with van der Waals surface area (Å²) >= 11 is 0. The Morgan fingerprint density at radius 1 is 1.18 bits per heavy atom. The zero-order chi connectivity index (χ0) is 14.9. The Labute approximate surface area is 128 Å². The molecule has 0 bridgehead atoms. The molecule has 4 heterocycles. The van der Waals surface area contributed by atoms with Crippen molar-refractivity contribution in [3.8, 4) is 0 Å². The maximum absolute atomic E-state index is 12.4. The molecule has 2 saturated heterocycles. The van der Waals surface area contributed by atoms with Gasteiger partial charge in [0.1, 0.15) is 11.9 Å². The van der Waals surface area contributed by atoms with Crippen molar-refractivity contribution in [1.29, 1.82) is 0 Å². The number of fused-ring (bicyclic) bond motifs is 1. The van der Waals surface area contributed by atoms with Gasteiger partial charge in [0, 0.05) is 45.0 Å². The molecule has 0 N–H and O–H groups in total. The number of rotatable bonds is 2. The summed E-state index contributed by atoms with van der Waals surface area (Å²) in [6.45, 7) is 3.77. The Morgan fingerprint density at radius 2 is 2.05 bits per heavy atom. The van der Waals surface area contributed by atoms with E-state index in [4.69, 9.17) is 4.74 Å². The van der Waals surface area contributed by atoms with Crippen LogP contribution in [0.5, 0.6) is 0 Å². The SMILES string of the molecule is O=C(C1CCCO1)N1CCN(c2ccnc3ccnn23)CC1. The molecule has 2 aliphatic heterocycles. The quantitative estimate of drug-likeness (QED) is 0.811. The van der Waals surface area contributed by atoms with Crippen LogP contribution in [0.15, 0.2) is 24.5 Å². The molecule has 0 spiro atoms. The molecule has 2 fully saturated rings. The first-order chi connectivity index (χ1) is 10.8. The molecule has 2 aliphatic rings. The number of amides is 1. The van der Waals surface area contributed by atoms with Crippen molar-refractivity contribution in [2.75, 3.05) is 37.7 Å². The Kier molecular flexibility index (Phi) is 3.42. The second kappa shape index (κ2) is 5.57. The largest absolute Gasteiger partial charge is 0.368 e. The van der Waals surface area contributed by atoms with Crippen LogP contribution in [0.3, 0.4) is 0 Å². The predicted molar refractivity (Wildman–Crippen MR) is 80.8 cm³/mol. The molecular weight excluding hydrogens is 282 g/mol. The number of nitrogens with zero attached hydrogens (tertiary/aromatic N) is 5. The Balaban J connectivity index is 1.45. The minimum atomic E-state index is -0.217. The van der Waals surface area contributed by atoms with Gasteiger partial charge in [-0.1, -0.05) is 0 Å². The molecule has 22 heavy (non-hydrogen) atoms. The normalized spacial score (nSPS) is 22.5. The first-order valence-corrected chi connectivity index (χ1v) is 7.77. The lowest BCUT2D eigenvalue weighted by atomic mass is 10.2. The summed E-state index contributed by atoms with van der Waals surface area (Å²) in [6.07, 6.45) is 5.19. The zero-order valence-electron chi connectivity index (χ0n) is 12.4. The molecule has 1 atom stereocenters. The maximum atomic E-state index is 12.4.